The van der Waals surface area contributed by atoms with E-state index in [-0.39, 0.29) is 5.91 Å². The van der Waals surface area contributed by atoms with Gasteiger partial charge in [0, 0.05) is 22.6 Å². The van der Waals surface area contributed by atoms with E-state index in [4.69, 9.17) is 4.42 Å². The molecule has 2 heterocycles. The van der Waals surface area contributed by atoms with Gasteiger partial charge in [0.2, 0.25) is 0 Å². The Hall–Kier alpha value is -2.95. The molecule has 0 aliphatic heterocycles. The van der Waals surface area contributed by atoms with E-state index < -0.39 is 0 Å². The van der Waals surface area contributed by atoms with Crippen LogP contribution in [0.1, 0.15) is 40.4 Å². The smallest absolute Gasteiger partial charge is 0.272 e. The summed E-state index contributed by atoms with van der Waals surface area (Å²) in [5, 5.41) is 4.82. The number of para-hydroxylation sites is 1. The molecule has 1 aliphatic carbocycles. The summed E-state index contributed by atoms with van der Waals surface area (Å²) in [7, 11) is 0. The van der Waals surface area contributed by atoms with Gasteiger partial charge in [-0.1, -0.05) is 18.2 Å². The van der Waals surface area contributed by atoms with E-state index in [1.165, 1.54) is 0 Å². The maximum atomic E-state index is 12.5. The van der Waals surface area contributed by atoms with Gasteiger partial charge in [-0.2, -0.15) is 5.10 Å². The Kier molecular flexibility index (Phi) is 3.38. The number of carbonyl (C=O) groups is 1. The Labute approximate surface area is 133 Å². The highest BCUT2D eigenvalue weighted by molar-refractivity contribution is 6.06. The number of carbonyl (C=O) groups excluding carboxylic acids is 1. The molecule has 4 rings (SSSR count). The van der Waals surface area contributed by atoms with Gasteiger partial charge in [-0.05, 0) is 31.0 Å². The largest absolute Gasteiger partial charge is 0.472 e. The average molecular weight is 305 g/mol. The summed E-state index contributed by atoms with van der Waals surface area (Å²) in [6.07, 6.45) is 6.95. The number of amides is 1. The zero-order valence-electron chi connectivity index (χ0n) is 12.4. The van der Waals surface area contributed by atoms with Crippen molar-refractivity contribution in [3.8, 4) is 0 Å². The van der Waals surface area contributed by atoms with Gasteiger partial charge in [-0.15, -0.1) is 0 Å². The number of aromatic nitrogens is 1. The molecule has 1 saturated carbocycles. The SMILES string of the molecule is O=C(N/N=C\c1ccoc1)c1cc(C2CC2)nc2ccccc12. The van der Waals surface area contributed by atoms with Gasteiger partial charge in [0.05, 0.1) is 29.8 Å². The number of fused-ring (bicyclic) bond motifs is 1. The fourth-order valence-corrected chi connectivity index (χ4v) is 2.55. The summed E-state index contributed by atoms with van der Waals surface area (Å²) in [6, 6.07) is 11.4. The van der Waals surface area contributed by atoms with Gasteiger partial charge in [0.25, 0.3) is 5.91 Å². The minimum absolute atomic E-state index is 0.231. The Morgan fingerprint density at radius 3 is 2.96 bits per heavy atom. The van der Waals surface area contributed by atoms with E-state index >= 15 is 0 Å². The second-order valence-corrected chi connectivity index (χ2v) is 5.64. The molecule has 0 saturated heterocycles. The van der Waals surface area contributed by atoms with Crippen molar-refractivity contribution in [2.45, 2.75) is 18.8 Å². The topological polar surface area (TPSA) is 67.5 Å². The lowest BCUT2D eigenvalue weighted by molar-refractivity contribution is 0.0956. The first-order valence-corrected chi connectivity index (χ1v) is 7.56. The number of hydrogen-bond donors (Lipinski definition) is 1. The van der Waals surface area contributed by atoms with Crippen LogP contribution in [-0.4, -0.2) is 17.1 Å². The summed E-state index contributed by atoms with van der Waals surface area (Å²) >= 11 is 0. The van der Waals surface area contributed by atoms with E-state index in [1.54, 1.807) is 24.8 Å². The molecule has 2 aromatic heterocycles. The number of nitrogens with one attached hydrogen (secondary N) is 1. The van der Waals surface area contributed by atoms with Crippen molar-refractivity contribution in [3.05, 3.63) is 65.7 Å². The van der Waals surface area contributed by atoms with E-state index in [2.05, 4.69) is 15.5 Å². The van der Waals surface area contributed by atoms with Crippen molar-refractivity contribution >= 4 is 23.0 Å². The zero-order chi connectivity index (χ0) is 15.6. The lowest BCUT2D eigenvalue weighted by Gasteiger charge is -2.08. The van der Waals surface area contributed by atoms with Gasteiger partial charge >= 0.3 is 0 Å². The van der Waals surface area contributed by atoms with E-state index in [1.807, 2.05) is 30.3 Å². The molecule has 0 radical (unpaired) electrons. The van der Waals surface area contributed by atoms with Crippen LogP contribution in [0.2, 0.25) is 0 Å². The minimum atomic E-state index is -0.231. The van der Waals surface area contributed by atoms with Crippen LogP contribution in [0.25, 0.3) is 10.9 Å². The van der Waals surface area contributed by atoms with Gasteiger partial charge in [0.1, 0.15) is 0 Å². The zero-order valence-corrected chi connectivity index (χ0v) is 12.4. The molecule has 1 amide bonds. The molecule has 5 nitrogen and oxygen atoms in total. The highest BCUT2D eigenvalue weighted by Gasteiger charge is 2.26. The van der Waals surface area contributed by atoms with E-state index in [0.29, 0.717) is 11.5 Å². The highest BCUT2D eigenvalue weighted by Crippen LogP contribution is 2.40. The number of pyridine rings is 1. The molecule has 3 aromatic rings. The lowest BCUT2D eigenvalue weighted by atomic mass is 10.1. The molecule has 0 bridgehead atoms. The van der Waals surface area contributed by atoms with Crippen molar-refractivity contribution in [1.29, 1.82) is 0 Å². The lowest BCUT2D eigenvalue weighted by Crippen LogP contribution is -2.18. The van der Waals surface area contributed by atoms with Crippen molar-refractivity contribution in [3.63, 3.8) is 0 Å². The molecular formula is C18H15N3O2. The van der Waals surface area contributed by atoms with E-state index in [0.717, 1.165) is 35.0 Å². The van der Waals surface area contributed by atoms with Crippen LogP contribution in [0.15, 0.2) is 58.4 Å². The first kappa shape index (κ1) is 13.7. The molecule has 1 aliphatic rings. The maximum Gasteiger partial charge on any atom is 0.272 e. The third kappa shape index (κ3) is 2.85. The quantitative estimate of drug-likeness (QED) is 0.593. The maximum absolute atomic E-state index is 12.5. The number of hydrogen-bond acceptors (Lipinski definition) is 4. The molecule has 114 valence electrons. The molecular weight excluding hydrogens is 290 g/mol. The molecule has 0 atom stereocenters. The number of furan rings is 1. The third-order valence-electron chi connectivity index (χ3n) is 3.90. The van der Waals surface area contributed by atoms with Crippen LogP contribution in [0.4, 0.5) is 0 Å². The number of benzene rings is 1. The average Bonchev–Trinajstić information content (AvgIpc) is 3.31. The van der Waals surface area contributed by atoms with Crippen LogP contribution in [-0.2, 0) is 0 Å². The van der Waals surface area contributed by atoms with Crippen LogP contribution in [0.5, 0.6) is 0 Å². The predicted octanol–water partition coefficient (Wildman–Crippen LogP) is 3.47. The summed E-state index contributed by atoms with van der Waals surface area (Å²) < 4.78 is 4.95. The molecule has 1 aromatic carbocycles. The molecule has 1 N–H and O–H groups in total. The second-order valence-electron chi connectivity index (χ2n) is 5.64. The molecule has 5 heteroatoms. The Balaban J connectivity index is 1.65. The van der Waals surface area contributed by atoms with Crippen LogP contribution in [0, 0.1) is 0 Å². The molecule has 1 fully saturated rings. The normalized spacial score (nSPS) is 14.4. The predicted molar refractivity (Wildman–Crippen MR) is 87.5 cm³/mol. The first-order valence-electron chi connectivity index (χ1n) is 7.56. The van der Waals surface area contributed by atoms with Crippen molar-refractivity contribution in [2.24, 2.45) is 5.10 Å². The van der Waals surface area contributed by atoms with Crippen molar-refractivity contribution in [1.82, 2.24) is 10.4 Å². The van der Waals surface area contributed by atoms with Crippen molar-refractivity contribution < 1.29 is 9.21 Å². The number of rotatable bonds is 4. The van der Waals surface area contributed by atoms with Crippen molar-refractivity contribution in [2.75, 3.05) is 0 Å². The second kappa shape index (κ2) is 5.68. The highest BCUT2D eigenvalue weighted by atomic mass is 16.3. The Morgan fingerprint density at radius 1 is 1.30 bits per heavy atom. The van der Waals surface area contributed by atoms with E-state index in [9.17, 15) is 4.79 Å². The fourth-order valence-electron chi connectivity index (χ4n) is 2.55. The summed E-state index contributed by atoms with van der Waals surface area (Å²) in [6.45, 7) is 0. The summed E-state index contributed by atoms with van der Waals surface area (Å²) in [5.41, 5.74) is 5.83. The summed E-state index contributed by atoms with van der Waals surface area (Å²) in [4.78, 5) is 17.2. The Bertz CT molecular complexity index is 880. The van der Waals surface area contributed by atoms with Gasteiger partial charge < -0.3 is 4.42 Å². The van der Waals surface area contributed by atoms with Gasteiger partial charge in [-0.25, -0.2) is 5.43 Å². The standard InChI is InChI=1S/C18H15N3O2/c22-18(21-19-10-12-7-8-23-11-12)15-9-17(13-5-6-13)20-16-4-2-1-3-14(15)16/h1-4,7-11,13H,5-6H2,(H,21,22)/b19-10-. The number of nitrogens with zero attached hydrogens (tertiary/aromatic N) is 2. The monoisotopic (exact) mass is 305 g/mol. The van der Waals surface area contributed by atoms with Gasteiger partial charge in [0.15, 0.2) is 0 Å². The van der Waals surface area contributed by atoms with Gasteiger partial charge in [-0.3, -0.25) is 9.78 Å². The third-order valence-corrected chi connectivity index (χ3v) is 3.90. The molecule has 0 spiro atoms. The van der Waals surface area contributed by atoms with Crippen LogP contribution in [0.3, 0.4) is 0 Å². The molecule has 23 heavy (non-hydrogen) atoms. The van der Waals surface area contributed by atoms with Crippen LogP contribution < -0.4 is 5.43 Å². The molecule has 0 unspecified atom stereocenters. The first-order chi connectivity index (χ1) is 11.3. The van der Waals surface area contributed by atoms with Crippen LogP contribution >= 0.6 is 0 Å². The summed E-state index contributed by atoms with van der Waals surface area (Å²) in [5.74, 6) is 0.255. The fraction of sp³-hybridized carbons (Fsp3) is 0.167. The minimum Gasteiger partial charge on any atom is -0.472 e. The Morgan fingerprint density at radius 2 is 2.17 bits per heavy atom. The number of hydrazone groups is 1.